The second-order valence-electron chi connectivity index (χ2n) is 11.1. The third-order valence-corrected chi connectivity index (χ3v) is 7.27. The molecule has 0 unspecified atom stereocenters. The van der Waals surface area contributed by atoms with E-state index in [-0.39, 0.29) is 5.91 Å². The summed E-state index contributed by atoms with van der Waals surface area (Å²) in [5.41, 5.74) is 1.93. The topological polar surface area (TPSA) is 37.1 Å². The molecule has 0 radical (unpaired) electrons. The van der Waals surface area contributed by atoms with E-state index in [1.807, 2.05) is 47.4 Å². The third kappa shape index (κ3) is 6.85. The van der Waals surface area contributed by atoms with Crippen LogP contribution in [-0.4, -0.2) is 60.7 Å². The van der Waals surface area contributed by atoms with E-state index in [1.54, 1.807) is 13.8 Å². The SMILES string of the molecule is [C-]#[N+]c1cc(-c2ccc(C(=O)N3CCC[C@@H](C)C3)cc2)ccc1OCC1CCN(CC(C)(C)F)CC1. The molecule has 192 valence electrons. The average Bonchev–Trinajstić information content (AvgIpc) is 2.87. The maximum atomic E-state index is 13.9. The van der Waals surface area contributed by atoms with Crippen LogP contribution in [0, 0.1) is 18.4 Å². The molecule has 2 fully saturated rings. The van der Waals surface area contributed by atoms with E-state index in [0.29, 0.717) is 42.0 Å². The summed E-state index contributed by atoms with van der Waals surface area (Å²) < 4.78 is 20.0. The predicted molar refractivity (Wildman–Crippen MR) is 142 cm³/mol. The van der Waals surface area contributed by atoms with Gasteiger partial charge in [-0.3, -0.25) is 4.79 Å². The van der Waals surface area contributed by atoms with Crippen LogP contribution in [0.5, 0.6) is 5.75 Å². The van der Waals surface area contributed by atoms with Crippen molar-refractivity contribution in [1.82, 2.24) is 9.80 Å². The number of carbonyl (C=O) groups excluding carboxylic acids is 1. The molecule has 2 saturated heterocycles. The van der Waals surface area contributed by atoms with Crippen molar-refractivity contribution in [2.45, 2.75) is 52.1 Å². The number of amides is 1. The van der Waals surface area contributed by atoms with Crippen molar-refractivity contribution in [2.75, 3.05) is 39.3 Å². The molecule has 0 N–H and O–H groups in total. The van der Waals surface area contributed by atoms with Crippen molar-refractivity contribution in [3.05, 3.63) is 59.4 Å². The van der Waals surface area contributed by atoms with E-state index in [9.17, 15) is 9.18 Å². The van der Waals surface area contributed by atoms with Gasteiger partial charge in [-0.05, 0) is 99.8 Å². The Labute approximate surface area is 215 Å². The lowest BCUT2D eigenvalue weighted by Gasteiger charge is -2.34. The van der Waals surface area contributed by atoms with Gasteiger partial charge in [-0.15, -0.1) is 0 Å². The van der Waals surface area contributed by atoms with Gasteiger partial charge in [0, 0.05) is 25.2 Å². The molecule has 0 aliphatic carbocycles. The van der Waals surface area contributed by atoms with Crippen LogP contribution in [0.15, 0.2) is 42.5 Å². The van der Waals surface area contributed by atoms with Gasteiger partial charge >= 0.3 is 0 Å². The minimum atomic E-state index is -1.17. The van der Waals surface area contributed by atoms with Crippen LogP contribution in [0.3, 0.4) is 0 Å². The Morgan fingerprint density at radius 1 is 1.08 bits per heavy atom. The lowest BCUT2D eigenvalue weighted by atomic mass is 9.96. The van der Waals surface area contributed by atoms with Crippen LogP contribution >= 0.6 is 0 Å². The Morgan fingerprint density at radius 3 is 2.42 bits per heavy atom. The third-order valence-electron chi connectivity index (χ3n) is 7.27. The first kappa shape index (κ1) is 26.2. The van der Waals surface area contributed by atoms with Crippen molar-refractivity contribution in [2.24, 2.45) is 11.8 Å². The number of rotatable bonds is 7. The molecular weight excluding hydrogens is 453 g/mol. The molecule has 2 heterocycles. The van der Waals surface area contributed by atoms with E-state index >= 15 is 0 Å². The van der Waals surface area contributed by atoms with E-state index < -0.39 is 5.67 Å². The monoisotopic (exact) mass is 491 g/mol. The summed E-state index contributed by atoms with van der Waals surface area (Å²) in [6.07, 6.45) is 4.20. The fraction of sp³-hybridized carbons (Fsp3) is 0.533. The Hall–Kier alpha value is -2.91. The first-order chi connectivity index (χ1) is 17.2. The zero-order chi connectivity index (χ0) is 25.7. The van der Waals surface area contributed by atoms with Gasteiger partial charge in [0.2, 0.25) is 5.69 Å². The summed E-state index contributed by atoms with van der Waals surface area (Å²) in [6, 6.07) is 13.4. The van der Waals surface area contributed by atoms with Crippen LogP contribution in [0.25, 0.3) is 16.0 Å². The van der Waals surface area contributed by atoms with Gasteiger partial charge in [-0.25, -0.2) is 9.24 Å². The van der Waals surface area contributed by atoms with E-state index in [0.717, 1.165) is 56.6 Å². The number of ether oxygens (including phenoxy) is 1. The number of benzene rings is 2. The quantitative estimate of drug-likeness (QED) is 0.409. The van der Waals surface area contributed by atoms with Crippen LogP contribution < -0.4 is 4.74 Å². The van der Waals surface area contributed by atoms with Crippen LogP contribution in [0.4, 0.5) is 10.1 Å². The van der Waals surface area contributed by atoms with Gasteiger partial charge < -0.3 is 14.5 Å². The van der Waals surface area contributed by atoms with Gasteiger partial charge in [-0.1, -0.05) is 25.1 Å². The fourth-order valence-corrected chi connectivity index (χ4v) is 5.32. The number of piperidine rings is 2. The molecule has 1 amide bonds. The Balaban J connectivity index is 1.35. The normalized spacial score (nSPS) is 19.6. The Morgan fingerprint density at radius 2 is 1.78 bits per heavy atom. The first-order valence-corrected chi connectivity index (χ1v) is 13.2. The number of alkyl halides is 1. The molecule has 1 atom stereocenters. The molecule has 2 aliphatic rings. The van der Waals surface area contributed by atoms with Crippen molar-refractivity contribution < 1.29 is 13.9 Å². The van der Waals surface area contributed by atoms with Crippen LogP contribution in [-0.2, 0) is 0 Å². The number of nitrogens with zero attached hydrogens (tertiary/aromatic N) is 3. The Bertz CT molecular complexity index is 1080. The zero-order valence-corrected chi connectivity index (χ0v) is 21.8. The molecule has 0 spiro atoms. The largest absolute Gasteiger partial charge is 0.504 e. The number of halogens is 1. The lowest BCUT2D eigenvalue weighted by molar-refractivity contribution is 0.0683. The summed E-state index contributed by atoms with van der Waals surface area (Å²) >= 11 is 0. The maximum absolute atomic E-state index is 13.9. The van der Waals surface area contributed by atoms with Crippen molar-refractivity contribution in [1.29, 1.82) is 0 Å². The van der Waals surface area contributed by atoms with E-state index in [2.05, 4.69) is 16.7 Å². The molecular formula is C30H38FN3O2. The highest BCUT2D eigenvalue weighted by Gasteiger charge is 2.26. The molecule has 2 aromatic carbocycles. The predicted octanol–water partition coefficient (Wildman–Crippen LogP) is 6.62. The molecule has 2 aromatic rings. The molecule has 0 bridgehead atoms. The molecule has 6 heteroatoms. The van der Waals surface area contributed by atoms with Crippen molar-refractivity contribution in [3.63, 3.8) is 0 Å². The molecule has 2 aliphatic heterocycles. The summed E-state index contributed by atoms with van der Waals surface area (Å²) in [7, 11) is 0. The number of carbonyl (C=O) groups is 1. The van der Waals surface area contributed by atoms with Gasteiger partial charge in [0.05, 0.1) is 13.2 Å². The Kier molecular flexibility index (Phi) is 8.31. The summed E-state index contributed by atoms with van der Waals surface area (Å²) in [5, 5.41) is 0. The minimum Gasteiger partial charge on any atom is -0.504 e. The second-order valence-corrected chi connectivity index (χ2v) is 11.1. The first-order valence-electron chi connectivity index (χ1n) is 13.2. The summed E-state index contributed by atoms with van der Waals surface area (Å²) in [5.74, 6) is 1.66. The molecule has 5 nitrogen and oxygen atoms in total. The maximum Gasteiger partial charge on any atom is 0.253 e. The lowest BCUT2D eigenvalue weighted by Crippen LogP contribution is -2.41. The molecule has 0 saturated carbocycles. The minimum absolute atomic E-state index is 0.0953. The summed E-state index contributed by atoms with van der Waals surface area (Å²) in [4.78, 5) is 20.7. The molecule has 4 rings (SSSR count). The highest BCUT2D eigenvalue weighted by Crippen LogP contribution is 2.34. The highest BCUT2D eigenvalue weighted by atomic mass is 19.1. The molecule has 36 heavy (non-hydrogen) atoms. The van der Waals surface area contributed by atoms with E-state index in [4.69, 9.17) is 11.3 Å². The zero-order valence-electron chi connectivity index (χ0n) is 21.8. The van der Waals surface area contributed by atoms with Gasteiger partial charge in [0.15, 0.2) is 0 Å². The van der Waals surface area contributed by atoms with Crippen molar-refractivity contribution >= 4 is 11.6 Å². The average molecular weight is 492 g/mol. The standard InChI is InChI=1S/C30H38FN3O2/c1-22-6-5-15-34(19-22)29(35)25-9-7-24(8-10-25)26-11-12-28(27(18-26)32-4)36-20-23-13-16-33(17-14-23)21-30(2,3)31/h7-12,18,22-23H,5-6,13-17,19-21H2,1-3H3/t22-/m1/s1. The fourth-order valence-electron chi connectivity index (χ4n) is 5.32. The number of likely N-dealkylation sites (tertiary alicyclic amines) is 2. The van der Waals surface area contributed by atoms with Gasteiger partial charge in [0.25, 0.3) is 5.91 Å². The van der Waals surface area contributed by atoms with Crippen LogP contribution in [0.2, 0.25) is 0 Å². The second kappa shape index (κ2) is 11.4. The van der Waals surface area contributed by atoms with Crippen molar-refractivity contribution in [3.8, 4) is 16.9 Å². The smallest absolute Gasteiger partial charge is 0.253 e. The van der Waals surface area contributed by atoms with Gasteiger partial charge in [0.1, 0.15) is 11.4 Å². The van der Waals surface area contributed by atoms with E-state index in [1.165, 1.54) is 6.42 Å². The van der Waals surface area contributed by atoms with Gasteiger partial charge in [-0.2, -0.15) is 0 Å². The van der Waals surface area contributed by atoms with Crippen LogP contribution in [0.1, 0.15) is 56.8 Å². The number of hydrogen-bond donors (Lipinski definition) is 0. The summed E-state index contributed by atoms with van der Waals surface area (Å²) in [6.45, 7) is 17.6. The highest BCUT2D eigenvalue weighted by molar-refractivity contribution is 5.94. The molecule has 0 aromatic heterocycles. The number of hydrogen-bond acceptors (Lipinski definition) is 3.